The van der Waals surface area contributed by atoms with Gasteiger partial charge in [-0.15, -0.1) is 0 Å². The fraction of sp³-hybridized carbons (Fsp3) is 0.400. The van der Waals surface area contributed by atoms with Crippen LogP contribution in [-0.4, -0.2) is 21.4 Å². The maximum absolute atomic E-state index is 9.46. The predicted octanol–water partition coefficient (Wildman–Crippen LogP) is 1.06. The van der Waals surface area contributed by atoms with Crippen LogP contribution in [0.5, 0.6) is 17.2 Å². The van der Waals surface area contributed by atoms with Crippen LogP contribution >= 0.6 is 0 Å². The van der Waals surface area contributed by atoms with Gasteiger partial charge in [0.05, 0.1) is 0 Å². The molecule has 0 aromatic heterocycles. The zero-order valence-corrected chi connectivity index (χ0v) is 7.70. The van der Waals surface area contributed by atoms with Crippen molar-refractivity contribution < 1.29 is 15.3 Å². The van der Waals surface area contributed by atoms with Crippen molar-refractivity contribution in [2.45, 2.75) is 25.4 Å². The molecule has 4 N–H and O–H groups in total. The Kier molecular flexibility index (Phi) is 2.21. The van der Waals surface area contributed by atoms with E-state index in [4.69, 9.17) is 5.11 Å². The van der Waals surface area contributed by atoms with Crippen molar-refractivity contribution in [3.05, 3.63) is 17.7 Å². The molecule has 1 aromatic carbocycles. The summed E-state index contributed by atoms with van der Waals surface area (Å²) in [6, 6.07) is 3.52. The number of hydrogen-bond donors (Lipinski definition) is 4. The number of hydrogen-bond acceptors (Lipinski definition) is 4. The highest BCUT2D eigenvalue weighted by Crippen LogP contribution is 2.37. The first kappa shape index (κ1) is 9.15. The molecule has 0 heterocycles. The van der Waals surface area contributed by atoms with E-state index in [0.29, 0.717) is 18.2 Å². The number of benzene rings is 1. The third-order valence-corrected chi connectivity index (χ3v) is 2.37. The van der Waals surface area contributed by atoms with Crippen molar-refractivity contribution in [3.8, 4) is 17.2 Å². The van der Waals surface area contributed by atoms with E-state index in [1.807, 2.05) is 0 Å². The van der Waals surface area contributed by atoms with Gasteiger partial charge in [0.2, 0.25) is 5.75 Å². The summed E-state index contributed by atoms with van der Waals surface area (Å²) in [7, 11) is 0. The van der Waals surface area contributed by atoms with Crippen LogP contribution in [0.3, 0.4) is 0 Å². The predicted molar refractivity (Wildman–Crippen MR) is 51.3 cm³/mol. The van der Waals surface area contributed by atoms with Crippen LogP contribution in [0.1, 0.15) is 18.4 Å². The van der Waals surface area contributed by atoms with E-state index in [-0.39, 0.29) is 11.5 Å². The molecule has 0 bridgehead atoms. The van der Waals surface area contributed by atoms with Gasteiger partial charge in [0.1, 0.15) is 0 Å². The van der Waals surface area contributed by atoms with E-state index in [0.717, 1.165) is 0 Å². The maximum atomic E-state index is 9.46. The summed E-state index contributed by atoms with van der Waals surface area (Å²) in [6.07, 6.45) is 2.34. The van der Waals surface area contributed by atoms with E-state index >= 15 is 0 Å². The first-order chi connectivity index (χ1) is 6.68. The largest absolute Gasteiger partial charge is 0.504 e. The molecule has 0 radical (unpaired) electrons. The quantitative estimate of drug-likeness (QED) is 0.544. The van der Waals surface area contributed by atoms with Gasteiger partial charge < -0.3 is 20.6 Å². The molecule has 0 aliphatic heterocycles. The van der Waals surface area contributed by atoms with Crippen molar-refractivity contribution in [1.82, 2.24) is 5.32 Å². The molecule has 14 heavy (non-hydrogen) atoms. The molecule has 1 saturated carbocycles. The minimum absolute atomic E-state index is 0.238. The van der Waals surface area contributed by atoms with Crippen LogP contribution in [0.2, 0.25) is 0 Å². The van der Waals surface area contributed by atoms with Crippen molar-refractivity contribution >= 4 is 0 Å². The van der Waals surface area contributed by atoms with Crippen molar-refractivity contribution in [3.63, 3.8) is 0 Å². The molecule has 0 unspecified atom stereocenters. The first-order valence-corrected chi connectivity index (χ1v) is 4.64. The molecule has 1 aromatic rings. The minimum atomic E-state index is -0.444. The van der Waals surface area contributed by atoms with Crippen LogP contribution in [0.4, 0.5) is 0 Å². The van der Waals surface area contributed by atoms with Gasteiger partial charge in [-0.1, -0.05) is 6.07 Å². The molecule has 1 aliphatic carbocycles. The summed E-state index contributed by atoms with van der Waals surface area (Å²) in [5.74, 6) is -0.976. The molecular weight excluding hydrogens is 182 g/mol. The Labute approximate surface area is 81.8 Å². The number of nitrogens with one attached hydrogen (secondary N) is 1. The first-order valence-electron chi connectivity index (χ1n) is 4.64. The second-order valence-electron chi connectivity index (χ2n) is 3.60. The molecule has 4 heteroatoms. The van der Waals surface area contributed by atoms with E-state index in [1.165, 1.54) is 18.9 Å². The average molecular weight is 195 g/mol. The molecule has 0 spiro atoms. The summed E-state index contributed by atoms with van der Waals surface area (Å²) in [6.45, 7) is 0.518. The summed E-state index contributed by atoms with van der Waals surface area (Å²) < 4.78 is 0. The second kappa shape index (κ2) is 3.38. The maximum Gasteiger partial charge on any atom is 0.200 e. The molecule has 76 valence electrons. The Morgan fingerprint density at radius 1 is 1.14 bits per heavy atom. The van der Waals surface area contributed by atoms with E-state index < -0.39 is 5.75 Å². The van der Waals surface area contributed by atoms with Gasteiger partial charge in [0, 0.05) is 18.2 Å². The molecular formula is C10H13NO3. The van der Waals surface area contributed by atoms with Crippen molar-refractivity contribution in [2.24, 2.45) is 0 Å². The Hall–Kier alpha value is -1.42. The Bertz CT molecular complexity index is 347. The van der Waals surface area contributed by atoms with Gasteiger partial charge in [0.15, 0.2) is 11.5 Å². The second-order valence-corrected chi connectivity index (χ2v) is 3.60. The summed E-state index contributed by atoms with van der Waals surface area (Å²) >= 11 is 0. The molecule has 2 rings (SSSR count). The van der Waals surface area contributed by atoms with Crippen LogP contribution in [0.25, 0.3) is 0 Å². The number of phenolic OH excluding ortho intramolecular Hbond substituents is 3. The SMILES string of the molecule is Oc1ccc(CNC2CC2)c(O)c1O. The lowest BCUT2D eigenvalue weighted by Crippen LogP contribution is -2.15. The topological polar surface area (TPSA) is 72.7 Å². The van der Waals surface area contributed by atoms with Gasteiger partial charge in [0.25, 0.3) is 0 Å². The third-order valence-electron chi connectivity index (χ3n) is 2.37. The molecule has 0 amide bonds. The van der Waals surface area contributed by atoms with E-state index in [2.05, 4.69) is 5.32 Å². The van der Waals surface area contributed by atoms with Crippen molar-refractivity contribution in [1.29, 1.82) is 0 Å². The van der Waals surface area contributed by atoms with Crippen LogP contribution in [0.15, 0.2) is 12.1 Å². The third kappa shape index (κ3) is 1.75. The van der Waals surface area contributed by atoms with Gasteiger partial charge >= 0.3 is 0 Å². The van der Waals surface area contributed by atoms with Gasteiger partial charge in [-0.05, 0) is 18.9 Å². The highest BCUT2D eigenvalue weighted by atomic mass is 16.3. The number of rotatable bonds is 3. The number of phenols is 3. The highest BCUT2D eigenvalue weighted by molar-refractivity contribution is 5.53. The monoisotopic (exact) mass is 195 g/mol. The Morgan fingerprint density at radius 2 is 1.86 bits per heavy atom. The van der Waals surface area contributed by atoms with Gasteiger partial charge in [-0.2, -0.15) is 0 Å². The summed E-state index contributed by atoms with van der Waals surface area (Å²) in [5.41, 5.74) is 0.604. The van der Waals surface area contributed by atoms with Crippen LogP contribution < -0.4 is 5.32 Å². The lowest BCUT2D eigenvalue weighted by molar-refractivity contribution is 0.364. The van der Waals surface area contributed by atoms with Gasteiger partial charge in [-0.3, -0.25) is 0 Å². The molecule has 0 saturated heterocycles. The summed E-state index contributed by atoms with van der Waals surface area (Å²) in [5, 5.41) is 31.0. The lowest BCUT2D eigenvalue weighted by Gasteiger charge is -2.07. The van der Waals surface area contributed by atoms with E-state index in [1.54, 1.807) is 6.07 Å². The highest BCUT2D eigenvalue weighted by Gasteiger charge is 2.21. The zero-order chi connectivity index (χ0) is 10.1. The standard InChI is InChI=1S/C10H13NO3/c12-8-4-1-6(9(13)10(8)14)5-11-7-2-3-7/h1,4,7,11-14H,2-3,5H2. The zero-order valence-electron chi connectivity index (χ0n) is 7.70. The Balaban J connectivity index is 2.11. The fourth-order valence-corrected chi connectivity index (χ4v) is 1.30. The lowest BCUT2D eigenvalue weighted by atomic mass is 10.1. The molecule has 0 atom stereocenters. The molecule has 1 fully saturated rings. The van der Waals surface area contributed by atoms with Gasteiger partial charge in [-0.25, -0.2) is 0 Å². The summed E-state index contributed by atoms with van der Waals surface area (Å²) in [4.78, 5) is 0. The van der Waals surface area contributed by atoms with Crippen LogP contribution in [-0.2, 0) is 6.54 Å². The van der Waals surface area contributed by atoms with Crippen molar-refractivity contribution in [2.75, 3.05) is 0 Å². The average Bonchev–Trinajstić information content (AvgIpc) is 2.97. The number of aromatic hydroxyl groups is 3. The molecule has 1 aliphatic rings. The normalized spacial score (nSPS) is 15.7. The van der Waals surface area contributed by atoms with E-state index in [9.17, 15) is 10.2 Å². The molecule has 4 nitrogen and oxygen atoms in total. The fourth-order valence-electron chi connectivity index (χ4n) is 1.30. The minimum Gasteiger partial charge on any atom is -0.504 e. The smallest absolute Gasteiger partial charge is 0.200 e. The van der Waals surface area contributed by atoms with Crippen LogP contribution in [0, 0.1) is 0 Å². The Morgan fingerprint density at radius 3 is 2.50 bits per heavy atom.